The number of allylic oxidation sites excluding steroid dienone is 1. The Kier molecular flexibility index (Phi) is 8.58. The molecule has 3 aromatic carbocycles. The number of rotatable bonds is 7. The van der Waals surface area contributed by atoms with Gasteiger partial charge in [-0.15, -0.1) is 29.6 Å². The number of hydrogen-bond acceptors (Lipinski definition) is 5. The van der Waals surface area contributed by atoms with Crippen molar-refractivity contribution in [3.63, 3.8) is 0 Å². The summed E-state index contributed by atoms with van der Waals surface area (Å²) in [4.78, 5) is 22.0. The number of carbonyl (C=O) groups excluding carboxylic acids is 1. The van der Waals surface area contributed by atoms with Crippen molar-refractivity contribution in [1.29, 1.82) is 0 Å². The maximum Gasteiger partial charge on any atom is 0.573 e. The lowest BCUT2D eigenvalue weighted by molar-refractivity contribution is -0.274. The van der Waals surface area contributed by atoms with E-state index in [-0.39, 0.29) is 5.75 Å². The lowest BCUT2D eigenvalue weighted by Gasteiger charge is -2.11. The highest BCUT2D eigenvalue weighted by Crippen LogP contribution is 2.24. The Balaban J connectivity index is 1.26. The molecule has 0 aliphatic rings. The van der Waals surface area contributed by atoms with Gasteiger partial charge in [-0.2, -0.15) is 4.99 Å². The van der Waals surface area contributed by atoms with Gasteiger partial charge in [0, 0.05) is 22.3 Å². The summed E-state index contributed by atoms with van der Waals surface area (Å²) < 4.78 is 44.6. The predicted molar refractivity (Wildman–Crippen MR) is 159 cm³/mol. The second kappa shape index (κ2) is 12.5. The summed E-state index contributed by atoms with van der Waals surface area (Å²) in [5.41, 5.74) is 5.92. The summed E-state index contributed by atoms with van der Waals surface area (Å²) >= 11 is 1.41. The number of carbonyl (C=O) groups is 1. The minimum Gasteiger partial charge on any atom is -0.406 e. The summed E-state index contributed by atoms with van der Waals surface area (Å²) in [6.45, 7) is 5.87. The molecule has 0 atom stereocenters. The fourth-order valence-corrected chi connectivity index (χ4v) is 5.27. The van der Waals surface area contributed by atoms with Gasteiger partial charge < -0.3 is 10.1 Å². The van der Waals surface area contributed by atoms with Crippen molar-refractivity contribution in [2.45, 2.75) is 33.6 Å². The number of amides is 2. The second-order valence-electron chi connectivity index (χ2n) is 9.52. The Morgan fingerprint density at radius 3 is 2.49 bits per heavy atom. The Bertz CT molecular complexity index is 1830. The molecule has 1 N–H and O–H groups in total. The van der Waals surface area contributed by atoms with Gasteiger partial charge in [0.15, 0.2) is 10.6 Å². The number of thiazole rings is 1. The SMILES string of the molecule is CCc1ccccc1-n1c(C)csc1=NC(=O)N/C(C)=C/c1ccc(-c2ncn(-c3ccc(OC(F)(F)F)cc3)n2)cc1. The standard InChI is InChI=1S/C31H27F3N6O2S/c1-4-23-7-5-6-8-27(23)40-21(3)18-43-30(40)37-29(41)36-20(2)17-22-9-11-24(12-10-22)28-35-19-39(38-28)25-13-15-26(16-14-25)42-31(32,33)34/h5-19H,4H2,1-3H3,(H,36,41)/b20-17+,37-30?. The van der Waals surface area contributed by atoms with Gasteiger partial charge in [0.2, 0.25) is 0 Å². The zero-order valence-corrected chi connectivity index (χ0v) is 24.3. The largest absolute Gasteiger partial charge is 0.573 e. The van der Waals surface area contributed by atoms with E-state index < -0.39 is 12.4 Å². The number of urea groups is 1. The lowest BCUT2D eigenvalue weighted by Crippen LogP contribution is -2.23. The Labute approximate surface area is 249 Å². The maximum atomic E-state index is 12.8. The normalized spacial score (nSPS) is 12.4. The van der Waals surface area contributed by atoms with Gasteiger partial charge >= 0.3 is 12.4 Å². The number of nitrogens with one attached hydrogen (secondary N) is 1. The van der Waals surface area contributed by atoms with E-state index in [1.807, 2.05) is 65.4 Å². The van der Waals surface area contributed by atoms with Crippen LogP contribution in [0.4, 0.5) is 18.0 Å². The molecule has 0 bridgehead atoms. The van der Waals surface area contributed by atoms with E-state index >= 15 is 0 Å². The molecule has 0 spiro atoms. The number of alkyl halides is 3. The number of aromatic nitrogens is 4. The first-order chi connectivity index (χ1) is 20.6. The maximum absolute atomic E-state index is 12.8. The van der Waals surface area contributed by atoms with E-state index in [9.17, 15) is 18.0 Å². The molecule has 0 saturated heterocycles. The van der Waals surface area contributed by atoms with Gasteiger partial charge in [0.1, 0.15) is 12.1 Å². The van der Waals surface area contributed by atoms with Gasteiger partial charge in [-0.3, -0.25) is 4.57 Å². The van der Waals surface area contributed by atoms with Crippen molar-refractivity contribution in [1.82, 2.24) is 24.6 Å². The summed E-state index contributed by atoms with van der Waals surface area (Å²) in [5.74, 6) is 0.127. The van der Waals surface area contributed by atoms with Crippen LogP contribution in [0.5, 0.6) is 5.75 Å². The van der Waals surface area contributed by atoms with Crippen molar-refractivity contribution in [3.8, 4) is 28.5 Å². The van der Waals surface area contributed by atoms with E-state index in [0.717, 1.165) is 28.9 Å². The number of nitrogens with zero attached hydrogens (tertiary/aromatic N) is 5. The molecule has 220 valence electrons. The highest BCUT2D eigenvalue weighted by Gasteiger charge is 2.31. The Morgan fingerprint density at radius 1 is 1.07 bits per heavy atom. The molecule has 8 nitrogen and oxygen atoms in total. The molecule has 2 heterocycles. The van der Waals surface area contributed by atoms with Crippen molar-refractivity contribution in [2.75, 3.05) is 0 Å². The van der Waals surface area contributed by atoms with E-state index in [1.165, 1.54) is 52.2 Å². The van der Waals surface area contributed by atoms with E-state index in [1.54, 1.807) is 6.92 Å². The molecule has 0 aliphatic heterocycles. The van der Waals surface area contributed by atoms with Crippen LogP contribution >= 0.6 is 11.3 Å². The van der Waals surface area contributed by atoms with Gasteiger partial charge in [-0.05, 0) is 67.8 Å². The minimum atomic E-state index is -4.75. The van der Waals surface area contributed by atoms with Crippen LogP contribution in [0, 0.1) is 6.92 Å². The van der Waals surface area contributed by atoms with E-state index in [2.05, 4.69) is 38.1 Å². The first kappa shape index (κ1) is 29.5. The summed E-state index contributed by atoms with van der Waals surface area (Å²) in [6.07, 6.45) is -0.586. The first-order valence-corrected chi connectivity index (χ1v) is 14.2. The minimum absolute atomic E-state index is 0.316. The third kappa shape index (κ3) is 7.28. The second-order valence-corrected chi connectivity index (χ2v) is 10.4. The number of ether oxygens (including phenoxy) is 1. The molecule has 0 saturated carbocycles. The monoisotopic (exact) mass is 604 g/mol. The Morgan fingerprint density at radius 2 is 1.79 bits per heavy atom. The highest BCUT2D eigenvalue weighted by atomic mass is 32.1. The predicted octanol–water partition coefficient (Wildman–Crippen LogP) is 7.23. The van der Waals surface area contributed by atoms with Crippen LogP contribution < -0.4 is 14.9 Å². The molecule has 2 amide bonds. The summed E-state index contributed by atoms with van der Waals surface area (Å²) in [5, 5.41) is 9.23. The van der Waals surface area contributed by atoms with Crippen molar-refractivity contribution in [3.05, 3.63) is 112 Å². The lowest BCUT2D eigenvalue weighted by atomic mass is 10.1. The average molecular weight is 605 g/mol. The van der Waals surface area contributed by atoms with Crippen LogP contribution in [0.3, 0.4) is 0 Å². The highest BCUT2D eigenvalue weighted by molar-refractivity contribution is 7.07. The smallest absolute Gasteiger partial charge is 0.406 e. The number of para-hydroxylation sites is 1. The van der Waals surface area contributed by atoms with Gasteiger partial charge in [0.25, 0.3) is 0 Å². The van der Waals surface area contributed by atoms with Gasteiger partial charge in [-0.25, -0.2) is 14.5 Å². The van der Waals surface area contributed by atoms with Gasteiger partial charge in [0.05, 0.1) is 11.4 Å². The molecule has 0 fully saturated rings. The number of benzene rings is 3. The molecule has 5 rings (SSSR count). The molecule has 2 aromatic heterocycles. The molecule has 0 aliphatic carbocycles. The average Bonchev–Trinajstić information content (AvgIpc) is 3.60. The molecule has 12 heteroatoms. The zero-order valence-electron chi connectivity index (χ0n) is 23.5. The number of hydrogen-bond donors (Lipinski definition) is 1. The van der Waals surface area contributed by atoms with E-state index in [4.69, 9.17) is 0 Å². The van der Waals surface area contributed by atoms with Crippen LogP contribution in [-0.2, 0) is 6.42 Å². The molecule has 0 radical (unpaired) electrons. The molecular weight excluding hydrogens is 577 g/mol. The quantitative estimate of drug-likeness (QED) is 0.212. The van der Waals surface area contributed by atoms with Crippen molar-refractivity contribution < 1.29 is 22.7 Å². The van der Waals surface area contributed by atoms with E-state index in [0.29, 0.717) is 22.0 Å². The first-order valence-electron chi connectivity index (χ1n) is 13.3. The zero-order chi connectivity index (χ0) is 30.6. The van der Waals surface area contributed by atoms with Crippen LogP contribution in [-0.4, -0.2) is 31.7 Å². The van der Waals surface area contributed by atoms with Crippen molar-refractivity contribution >= 4 is 23.4 Å². The van der Waals surface area contributed by atoms with Crippen LogP contribution in [0.25, 0.3) is 28.8 Å². The third-order valence-electron chi connectivity index (χ3n) is 6.37. The summed E-state index contributed by atoms with van der Waals surface area (Å²) in [6, 6.07) is 20.4. The Hall–Kier alpha value is -4.97. The topological polar surface area (TPSA) is 86.3 Å². The summed E-state index contributed by atoms with van der Waals surface area (Å²) in [7, 11) is 0. The third-order valence-corrected chi connectivity index (χ3v) is 7.32. The number of aryl methyl sites for hydroxylation is 2. The molecule has 5 aromatic rings. The fraction of sp³-hybridized carbons (Fsp3) is 0.161. The molecular formula is C31H27F3N6O2S. The van der Waals surface area contributed by atoms with Crippen LogP contribution in [0.1, 0.15) is 30.7 Å². The number of halogens is 3. The molecule has 43 heavy (non-hydrogen) atoms. The van der Waals surface area contributed by atoms with Gasteiger partial charge in [-0.1, -0.05) is 49.4 Å². The van der Waals surface area contributed by atoms with Crippen molar-refractivity contribution in [2.24, 2.45) is 4.99 Å². The van der Waals surface area contributed by atoms with Crippen LogP contribution in [0.2, 0.25) is 0 Å². The fourth-order valence-electron chi connectivity index (χ4n) is 4.41. The molecule has 0 unspecified atom stereocenters. The van der Waals surface area contributed by atoms with Crippen LogP contribution in [0.15, 0.2) is 95.2 Å².